The summed E-state index contributed by atoms with van der Waals surface area (Å²) in [5.41, 5.74) is 6.95. The maximum absolute atomic E-state index is 11.2. The molecule has 0 saturated carbocycles. The van der Waals surface area contributed by atoms with Crippen LogP contribution in [0.1, 0.15) is 52.4 Å². The molecule has 0 unspecified atom stereocenters. The molecule has 0 aliphatic heterocycles. The molecule has 0 aromatic carbocycles. The summed E-state index contributed by atoms with van der Waals surface area (Å²) in [7, 11) is 0. The summed E-state index contributed by atoms with van der Waals surface area (Å²) in [6.45, 7) is 4.47. The van der Waals surface area contributed by atoms with Crippen LogP contribution < -0.4 is 0 Å². The molecule has 1 N–H and O–H groups in total. The fourth-order valence-corrected chi connectivity index (χ4v) is 1.24. The van der Waals surface area contributed by atoms with Gasteiger partial charge in [0.15, 0.2) is 0 Å². The topological polar surface area (TPSA) is 40.9 Å². The fourth-order valence-electron chi connectivity index (χ4n) is 1.24. The Morgan fingerprint density at radius 3 is 2.07 bits per heavy atom. The van der Waals surface area contributed by atoms with E-state index in [0.29, 0.717) is 12.3 Å². The summed E-state index contributed by atoms with van der Waals surface area (Å²) in [5, 5.41) is 0. The van der Waals surface area contributed by atoms with Crippen LogP contribution in [-0.2, 0) is 37.5 Å². The quantitative estimate of drug-likeness (QED) is 0.623. The van der Waals surface area contributed by atoms with Crippen LogP contribution in [0.3, 0.4) is 0 Å². The number of nitrogens with one attached hydrogen (secondary N) is 1. The van der Waals surface area contributed by atoms with Gasteiger partial charge in [-0.3, -0.25) is 4.79 Å². The molecule has 0 aliphatic carbocycles. The maximum atomic E-state index is 11.2. The second-order valence-corrected chi connectivity index (χ2v) is 3.89. The summed E-state index contributed by atoms with van der Waals surface area (Å²) < 4.78 is 0. The third-order valence-corrected chi connectivity index (χ3v) is 2.24. The van der Waals surface area contributed by atoms with Crippen molar-refractivity contribution in [3.05, 3.63) is 5.73 Å². The minimum atomic E-state index is 0. The molecule has 0 spiro atoms. The monoisotopic (exact) mass is 273 g/mol. The molecule has 3 heteroatoms. The van der Waals surface area contributed by atoms with Crippen LogP contribution in [-0.4, -0.2) is 12.3 Å². The Morgan fingerprint density at radius 1 is 1.07 bits per heavy atom. The number of carbonyl (C=O) groups is 1. The summed E-state index contributed by atoms with van der Waals surface area (Å²) in [6, 6.07) is 0. The normalized spacial score (nSPS) is 10.0. The molecular formula is C11H22NOY-. The first kappa shape index (κ1) is 17.1. The van der Waals surface area contributed by atoms with E-state index in [1.54, 1.807) is 0 Å². The molecule has 81 valence electrons. The van der Waals surface area contributed by atoms with Crippen LogP contribution in [0.4, 0.5) is 0 Å². The van der Waals surface area contributed by atoms with Crippen LogP contribution in [0.2, 0.25) is 0 Å². The van der Waals surface area contributed by atoms with Gasteiger partial charge in [-0.1, -0.05) is 39.5 Å². The third-order valence-electron chi connectivity index (χ3n) is 2.24. The van der Waals surface area contributed by atoms with Gasteiger partial charge in [0.1, 0.15) is 5.78 Å². The van der Waals surface area contributed by atoms with Crippen molar-refractivity contribution in [3.63, 3.8) is 0 Å². The van der Waals surface area contributed by atoms with Crippen LogP contribution in [0.15, 0.2) is 0 Å². The molecule has 0 bridgehead atoms. The molecule has 14 heavy (non-hydrogen) atoms. The largest absolute Gasteiger partial charge is 0.677 e. The molecule has 2 nitrogen and oxygen atoms in total. The van der Waals surface area contributed by atoms with Gasteiger partial charge < -0.3 is 5.73 Å². The zero-order valence-corrected chi connectivity index (χ0v) is 12.4. The zero-order chi connectivity index (χ0) is 10.1. The van der Waals surface area contributed by atoms with Crippen molar-refractivity contribution in [2.24, 2.45) is 5.92 Å². The smallest absolute Gasteiger partial charge is 0.135 e. The van der Waals surface area contributed by atoms with Crippen molar-refractivity contribution >= 4 is 5.78 Å². The number of ketones is 1. The van der Waals surface area contributed by atoms with Gasteiger partial charge in [-0.15, -0.1) is 0 Å². The Morgan fingerprint density at radius 2 is 1.57 bits per heavy atom. The van der Waals surface area contributed by atoms with Crippen molar-refractivity contribution in [2.45, 2.75) is 52.4 Å². The number of hydrogen-bond acceptors (Lipinski definition) is 1. The van der Waals surface area contributed by atoms with Gasteiger partial charge in [-0.25, -0.2) is 0 Å². The molecule has 1 radical (unpaired) electrons. The number of hydrogen-bond donors (Lipinski definition) is 0. The minimum absolute atomic E-state index is 0. The average molecular weight is 273 g/mol. The molecule has 0 heterocycles. The number of unbranched alkanes of at least 4 members (excludes halogenated alkanes) is 4. The standard InChI is InChI=1S/C11H22NO.Y/c1-10(2)11(13)8-6-4-3-5-7-9-12;/h10,12H,3-9H2,1-2H3;/q-1;. The Kier molecular flexibility index (Phi) is 14.5. The summed E-state index contributed by atoms with van der Waals surface area (Å²) in [6.07, 6.45) is 6.29. The molecule has 0 saturated heterocycles. The van der Waals surface area contributed by atoms with Crippen molar-refractivity contribution in [2.75, 3.05) is 6.54 Å². The minimum Gasteiger partial charge on any atom is -0.677 e. The molecule has 0 atom stereocenters. The first-order valence-electron chi connectivity index (χ1n) is 5.35. The van der Waals surface area contributed by atoms with Crippen LogP contribution in [0, 0.1) is 5.92 Å². The van der Waals surface area contributed by atoms with Gasteiger partial charge in [0, 0.05) is 45.0 Å². The molecule has 0 rings (SSSR count). The van der Waals surface area contributed by atoms with Gasteiger partial charge in [0.2, 0.25) is 0 Å². The van der Waals surface area contributed by atoms with E-state index >= 15 is 0 Å². The Hall–Kier alpha value is 0.734. The molecule has 0 aromatic rings. The van der Waals surface area contributed by atoms with E-state index in [-0.39, 0.29) is 38.6 Å². The van der Waals surface area contributed by atoms with Crippen molar-refractivity contribution in [1.82, 2.24) is 0 Å². The van der Waals surface area contributed by atoms with E-state index in [1.165, 1.54) is 6.42 Å². The van der Waals surface area contributed by atoms with Gasteiger partial charge in [0.25, 0.3) is 0 Å². The van der Waals surface area contributed by atoms with Crippen LogP contribution in [0.5, 0.6) is 0 Å². The summed E-state index contributed by atoms with van der Waals surface area (Å²) in [4.78, 5) is 11.2. The van der Waals surface area contributed by atoms with Crippen LogP contribution in [0.25, 0.3) is 5.73 Å². The van der Waals surface area contributed by atoms with E-state index in [0.717, 1.165) is 32.1 Å². The molecule has 0 amide bonds. The van der Waals surface area contributed by atoms with Crippen LogP contribution >= 0.6 is 0 Å². The number of rotatable bonds is 8. The molecule has 0 aromatic heterocycles. The van der Waals surface area contributed by atoms with Crippen molar-refractivity contribution in [1.29, 1.82) is 0 Å². The van der Waals surface area contributed by atoms with E-state index in [9.17, 15) is 4.79 Å². The van der Waals surface area contributed by atoms with E-state index in [2.05, 4.69) is 0 Å². The van der Waals surface area contributed by atoms with Crippen molar-refractivity contribution in [3.8, 4) is 0 Å². The van der Waals surface area contributed by atoms with Crippen molar-refractivity contribution < 1.29 is 37.5 Å². The maximum Gasteiger partial charge on any atom is 0.135 e. The average Bonchev–Trinajstić information content (AvgIpc) is 2.10. The Bertz CT molecular complexity index is 137. The van der Waals surface area contributed by atoms with Gasteiger partial charge in [-0.05, 0) is 6.42 Å². The predicted molar refractivity (Wildman–Crippen MR) is 56.7 cm³/mol. The third kappa shape index (κ3) is 10.8. The van der Waals surface area contributed by atoms with E-state index in [1.807, 2.05) is 13.8 Å². The molecule has 0 fully saturated rings. The first-order valence-corrected chi connectivity index (χ1v) is 5.35. The second kappa shape index (κ2) is 11.8. The first-order chi connectivity index (χ1) is 6.18. The van der Waals surface area contributed by atoms with Gasteiger partial charge in [-0.2, -0.15) is 6.54 Å². The van der Waals surface area contributed by atoms with Gasteiger partial charge >= 0.3 is 0 Å². The van der Waals surface area contributed by atoms with Gasteiger partial charge in [0.05, 0.1) is 0 Å². The summed E-state index contributed by atoms with van der Waals surface area (Å²) in [5.74, 6) is 0.591. The Balaban J connectivity index is 0. The van der Waals surface area contributed by atoms with E-state index < -0.39 is 0 Å². The molecular weight excluding hydrogens is 251 g/mol. The SMILES string of the molecule is CC(C)C(=O)CCCCCCC[NH-].[Y]. The molecule has 0 aliphatic rings. The fraction of sp³-hybridized carbons (Fsp3) is 0.909. The second-order valence-electron chi connectivity index (χ2n) is 3.89. The number of carbonyl (C=O) groups excluding carboxylic acids is 1. The zero-order valence-electron chi connectivity index (χ0n) is 9.51. The van der Waals surface area contributed by atoms with E-state index in [4.69, 9.17) is 5.73 Å². The Labute approximate surface area is 113 Å². The predicted octanol–water partition coefficient (Wildman–Crippen LogP) is 3.60. The summed E-state index contributed by atoms with van der Waals surface area (Å²) >= 11 is 0. The number of Topliss-reactive ketones (excluding diaryl/α,β-unsaturated/α-hetero) is 1.